The van der Waals surface area contributed by atoms with Crippen molar-refractivity contribution < 1.29 is 13.2 Å². The smallest absolute Gasteiger partial charge is 0.228 e. The van der Waals surface area contributed by atoms with Crippen LogP contribution >= 0.6 is 0 Å². The number of pyridine rings is 1. The van der Waals surface area contributed by atoms with Crippen molar-refractivity contribution in [2.24, 2.45) is 0 Å². The van der Waals surface area contributed by atoms with Crippen LogP contribution < -0.4 is 0 Å². The van der Waals surface area contributed by atoms with Gasteiger partial charge in [0.15, 0.2) is 5.65 Å². The van der Waals surface area contributed by atoms with Crippen molar-refractivity contribution in [1.29, 1.82) is 0 Å². The van der Waals surface area contributed by atoms with E-state index in [9.17, 15) is 13.2 Å². The Labute approximate surface area is 194 Å². The van der Waals surface area contributed by atoms with Crippen LogP contribution in [0, 0.1) is 6.92 Å². The number of aromatic nitrogens is 3. The zero-order valence-electron chi connectivity index (χ0n) is 18.4. The van der Waals surface area contributed by atoms with Gasteiger partial charge < -0.3 is 0 Å². The molecule has 0 fully saturated rings. The normalized spacial score (nSPS) is 13.1. The van der Waals surface area contributed by atoms with Crippen molar-refractivity contribution in [3.05, 3.63) is 101 Å². The highest BCUT2D eigenvalue weighted by Crippen LogP contribution is 2.43. The maximum atomic E-state index is 13.2. The Kier molecular flexibility index (Phi) is 4.59. The van der Waals surface area contributed by atoms with Crippen molar-refractivity contribution in [3.8, 4) is 28.1 Å². The number of benzene rings is 3. The fourth-order valence-electron chi connectivity index (χ4n) is 4.94. The van der Waals surface area contributed by atoms with Gasteiger partial charge in [-0.2, -0.15) is 18.3 Å². The standard InChI is InChI=1S/C28H20F3N3/c1-17-24-25(19-11-14-20(15-12-19)28(29,30)31)23-16-13-18-7-5-6-10-22(18)26(23)32-27(24)34(33-17)21-8-3-2-4-9-21/h2-12,14-15H,13,16H2,1H3. The molecule has 0 radical (unpaired) electrons. The molecule has 3 aromatic carbocycles. The SMILES string of the molecule is Cc1nn(-c2ccccc2)c2nc3c(c(-c4ccc(C(F)(F)F)cc4)c12)CCc1ccccc1-3. The maximum absolute atomic E-state index is 13.2. The lowest BCUT2D eigenvalue weighted by atomic mass is 9.83. The molecule has 5 aromatic rings. The molecule has 34 heavy (non-hydrogen) atoms. The summed E-state index contributed by atoms with van der Waals surface area (Å²) < 4.78 is 41.6. The van der Waals surface area contributed by atoms with E-state index < -0.39 is 11.7 Å². The molecule has 6 rings (SSSR count). The molecule has 6 heteroatoms. The van der Waals surface area contributed by atoms with Crippen molar-refractivity contribution in [1.82, 2.24) is 14.8 Å². The highest BCUT2D eigenvalue weighted by atomic mass is 19.4. The fourth-order valence-corrected chi connectivity index (χ4v) is 4.94. The number of para-hydroxylation sites is 1. The predicted molar refractivity (Wildman–Crippen MR) is 127 cm³/mol. The second kappa shape index (κ2) is 7.55. The van der Waals surface area contributed by atoms with Gasteiger partial charge in [-0.25, -0.2) is 9.67 Å². The van der Waals surface area contributed by atoms with Gasteiger partial charge in [-0.1, -0.05) is 54.6 Å². The van der Waals surface area contributed by atoms with Gasteiger partial charge in [0.05, 0.1) is 28.0 Å². The monoisotopic (exact) mass is 455 g/mol. The number of hydrogen-bond acceptors (Lipinski definition) is 2. The van der Waals surface area contributed by atoms with Crippen molar-refractivity contribution >= 4 is 11.0 Å². The number of hydrogen-bond donors (Lipinski definition) is 0. The molecule has 0 atom stereocenters. The van der Waals surface area contributed by atoms with Gasteiger partial charge in [0.25, 0.3) is 0 Å². The number of fused-ring (bicyclic) bond motifs is 4. The summed E-state index contributed by atoms with van der Waals surface area (Å²) in [7, 11) is 0. The lowest BCUT2D eigenvalue weighted by molar-refractivity contribution is -0.137. The first-order valence-electron chi connectivity index (χ1n) is 11.2. The molecule has 0 aliphatic heterocycles. The van der Waals surface area contributed by atoms with E-state index in [1.54, 1.807) is 12.1 Å². The van der Waals surface area contributed by atoms with Crippen LogP contribution in [0.25, 0.3) is 39.1 Å². The fraction of sp³-hybridized carbons (Fsp3) is 0.143. The van der Waals surface area contributed by atoms with Crippen LogP contribution in [0.3, 0.4) is 0 Å². The van der Waals surface area contributed by atoms with Gasteiger partial charge >= 0.3 is 6.18 Å². The van der Waals surface area contributed by atoms with Gasteiger partial charge in [-0.15, -0.1) is 0 Å². The number of rotatable bonds is 2. The second-order valence-electron chi connectivity index (χ2n) is 8.58. The Bertz CT molecular complexity index is 1530. The van der Waals surface area contributed by atoms with E-state index >= 15 is 0 Å². The summed E-state index contributed by atoms with van der Waals surface area (Å²) in [6.07, 6.45) is -2.75. The van der Waals surface area contributed by atoms with Crippen molar-refractivity contribution in [3.63, 3.8) is 0 Å². The summed E-state index contributed by atoms with van der Waals surface area (Å²) in [5, 5.41) is 5.68. The molecule has 3 nitrogen and oxygen atoms in total. The van der Waals surface area contributed by atoms with E-state index in [0.29, 0.717) is 5.65 Å². The lowest BCUT2D eigenvalue weighted by Gasteiger charge is -2.23. The van der Waals surface area contributed by atoms with E-state index in [1.807, 2.05) is 54.1 Å². The molecule has 0 saturated carbocycles. The zero-order valence-corrected chi connectivity index (χ0v) is 18.4. The minimum absolute atomic E-state index is 0.655. The third-order valence-corrected chi connectivity index (χ3v) is 6.51. The van der Waals surface area contributed by atoms with Gasteiger partial charge in [-0.3, -0.25) is 0 Å². The molecule has 168 valence electrons. The summed E-state index contributed by atoms with van der Waals surface area (Å²) in [5.41, 5.74) is 7.61. The van der Waals surface area contributed by atoms with Crippen molar-refractivity contribution in [2.75, 3.05) is 0 Å². The predicted octanol–water partition coefficient (Wildman–Crippen LogP) is 7.18. The Morgan fingerprint density at radius 1 is 0.824 bits per heavy atom. The number of halogens is 3. The Morgan fingerprint density at radius 2 is 1.53 bits per heavy atom. The van der Waals surface area contributed by atoms with E-state index in [2.05, 4.69) is 12.1 Å². The number of alkyl halides is 3. The van der Waals surface area contributed by atoms with E-state index in [0.717, 1.165) is 69.7 Å². The van der Waals surface area contributed by atoms with Gasteiger partial charge in [0.1, 0.15) is 0 Å². The first kappa shape index (κ1) is 20.7. The number of aryl methyl sites for hydroxylation is 2. The minimum Gasteiger partial charge on any atom is -0.228 e. The minimum atomic E-state index is -4.38. The molecule has 0 saturated heterocycles. The van der Waals surface area contributed by atoms with E-state index in [1.165, 1.54) is 5.56 Å². The molecule has 1 aliphatic carbocycles. The van der Waals surface area contributed by atoms with Gasteiger partial charge in [0.2, 0.25) is 0 Å². The molecule has 0 N–H and O–H groups in total. The molecular formula is C28H20F3N3. The van der Waals surface area contributed by atoms with Crippen LogP contribution in [0.15, 0.2) is 78.9 Å². The Morgan fingerprint density at radius 3 is 2.26 bits per heavy atom. The van der Waals surface area contributed by atoms with Gasteiger partial charge in [0, 0.05) is 5.56 Å². The Hall–Kier alpha value is -3.93. The largest absolute Gasteiger partial charge is 0.416 e. The van der Waals surface area contributed by atoms with Crippen LogP contribution in [-0.2, 0) is 19.0 Å². The molecule has 0 spiro atoms. The zero-order chi connectivity index (χ0) is 23.4. The summed E-state index contributed by atoms with van der Waals surface area (Å²) >= 11 is 0. The third kappa shape index (κ3) is 3.21. The van der Waals surface area contributed by atoms with E-state index in [4.69, 9.17) is 10.1 Å². The highest BCUT2D eigenvalue weighted by molar-refractivity contribution is 6.00. The molecule has 0 bridgehead atoms. The molecule has 1 aliphatic rings. The maximum Gasteiger partial charge on any atom is 0.416 e. The molecule has 0 amide bonds. The summed E-state index contributed by atoms with van der Waals surface area (Å²) in [4.78, 5) is 5.12. The first-order valence-corrected chi connectivity index (χ1v) is 11.2. The summed E-state index contributed by atoms with van der Waals surface area (Å²) in [6.45, 7) is 1.93. The molecule has 2 aromatic heterocycles. The van der Waals surface area contributed by atoms with Crippen LogP contribution in [0.5, 0.6) is 0 Å². The van der Waals surface area contributed by atoms with Crippen LogP contribution in [-0.4, -0.2) is 14.8 Å². The molecule has 0 unspecified atom stereocenters. The van der Waals surface area contributed by atoms with E-state index in [-0.39, 0.29) is 0 Å². The molecular weight excluding hydrogens is 435 g/mol. The average molecular weight is 455 g/mol. The van der Waals surface area contributed by atoms with Crippen LogP contribution in [0.2, 0.25) is 0 Å². The quantitative estimate of drug-likeness (QED) is 0.282. The van der Waals surface area contributed by atoms with Gasteiger partial charge in [-0.05, 0) is 66.3 Å². The first-order chi connectivity index (χ1) is 16.4. The summed E-state index contributed by atoms with van der Waals surface area (Å²) in [6, 6.07) is 23.4. The van der Waals surface area contributed by atoms with Crippen molar-refractivity contribution in [2.45, 2.75) is 25.9 Å². The average Bonchev–Trinajstić information content (AvgIpc) is 3.18. The lowest BCUT2D eigenvalue weighted by Crippen LogP contribution is -2.09. The Balaban J connectivity index is 1.69. The second-order valence-corrected chi connectivity index (χ2v) is 8.58. The third-order valence-electron chi connectivity index (χ3n) is 6.51. The number of nitrogens with zero attached hydrogens (tertiary/aromatic N) is 3. The summed E-state index contributed by atoms with van der Waals surface area (Å²) in [5.74, 6) is 0. The topological polar surface area (TPSA) is 30.7 Å². The van der Waals surface area contributed by atoms with Crippen LogP contribution in [0.1, 0.15) is 22.4 Å². The molecule has 2 heterocycles. The van der Waals surface area contributed by atoms with Crippen LogP contribution in [0.4, 0.5) is 13.2 Å². The highest BCUT2D eigenvalue weighted by Gasteiger charge is 2.31.